The molecule has 0 radical (unpaired) electrons. The van der Waals surface area contributed by atoms with Crippen molar-refractivity contribution in [1.82, 2.24) is 4.90 Å². The first-order valence-electron chi connectivity index (χ1n) is 6.99. The quantitative estimate of drug-likeness (QED) is 0.701. The van der Waals surface area contributed by atoms with Gasteiger partial charge in [0.2, 0.25) is 0 Å². The summed E-state index contributed by atoms with van der Waals surface area (Å²) in [5.74, 6) is 0. The van der Waals surface area contributed by atoms with Crippen molar-refractivity contribution < 1.29 is 9.53 Å². The second kappa shape index (κ2) is 3.99. The molecular formula is C16H21NO2. The number of nitrogens with zero attached hydrogens (tertiary/aromatic N) is 1. The minimum Gasteiger partial charge on any atom is -0.444 e. The maximum absolute atomic E-state index is 12.4. The summed E-state index contributed by atoms with van der Waals surface area (Å²) in [4.78, 5) is 14.4. The summed E-state index contributed by atoms with van der Waals surface area (Å²) in [6.45, 7) is 7.89. The fourth-order valence-corrected chi connectivity index (χ4v) is 3.42. The first kappa shape index (κ1) is 12.5. The standard InChI is InChI=1S/C16H21NO2/c1-10-6-5-7-11-12-8-9-13(14(10)11)17(12)15(18)19-16(2,3)4/h5-7,12-13H,8-9H2,1-4H3/t12-,13+/m1/s1. The van der Waals surface area contributed by atoms with Crippen LogP contribution in [0.1, 0.15) is 62.4 Å². The van der Waals surface area contributed by atoms with Crippen LogP contribution in [0.25, 0.3) is 0 Å². The van der Waals surface area contributed by atoms with E-state index in [0.717, 1.165) is 12.8 Å². The monoisotopic (exact) mass is 259 g/mol. The number of ether oxygens (including phenoxy) is 1. The highest BCUT2D eigenvalue weighted by molar-refractivity contribution is 5.72. The third kappa shape index (κ3) is 1.92. The molecule has 19 heavy (non-hydrogen) atoms. The van der Waals surface area contributed by atoms with E-state index in [1.54, 1.807) is 0 Å². The van der Waals surface area contributed by atoms with Crippen LogP contribution in [-0.4, -0.2) is 16.6 Å². The maximum Gasteiger partial charge on any atom is 0.411 e. The molecule has 2 heterocycles. The average molecular weight is 259 g/mol. The fourth-order valence-electron chi connectivity index (χ4n) is 3.42. The second-order valence-electron chi connectivity index (χ2n) is 6.57. The number of amides is 1. The molecule has 0 aromatic heterocycles. The van der Waals surface area contributed by atoms with Crippen molar-refractivity contribution in [2.45, 2.75) is 58.2 Å². The van der Waals surface area contributed by atoms with Crippen molar-refractivity contribution in [1.29, 1.82) is 0 Å². The van der Waals surface area contributed by atoms with Crippen LogP contribution in [0.15, 0.2) is 18.2 Å². The number of hydrogen-bond donors (Lipinski definition) is 0. The van der Waals surface area contributed by atoms with Crippen molar-refractivity contribution >= 4 is 6.09 Å². The zero-order valence-electron chi connectivity index (χ0n) is 12.1. The Labute approximate surface area is 114 Å². The minimum atomic E-state index is -0.430. The summed E-state index contributed by atoms with van der Waals surface area (Å²) in [7, 11) is 0. The lowest BCUT2D eigenvalue weighted by Crippen LogP contribution is -2.34. The third-order valence-electron chi connectivity index (χ3n) is 4.04. The molecule has 2 bridgehead atoms. The van der Waals surface area contributed by atoms with Crippen LogP contribution in [0.4, 0.5) is 4.79 Å². The van der Waals surface area contributed by atoms with Gasteiger partial charge < -0.3 is 4.74 Å². The third-order valence-corrected chi connectivity index (χ3v) is 4.04. The Hall–Kier alpha value is -1.51. The van der Waals surface area contributed by atoms with E-state index in [2.05, 4.69) is 25.1 Å². The molecule has 1 fully saturated rings. The van der Waals surface area contributed by atoms with E-state index in [-0.39, 0.29) is 18.2 Å². The molecule has 3 nitrogen and oxygen atoms in total. The number of hydrogen-bond acceptors (Lipinski definition) is 2. The zero-order chi connectivity index (χ0) is 13.8. The minimum absolute atomic E-state index is 0.171. The van der Waals surface area contributed by atoms with Crippen molar-refractivity contribution in [2.24, 2.45) is 0 Å². The van der Waals surface area contributed by atoms with Gasteiger partial charge in [-0.3, -0.25) is 4.90 Å². The van der Waals surface area contributed by atoms with Gasteiger partial charge in [0.15, 0.2) is 0 Å². The normalized spacial score (nSPS) is 24.5. The van der Waals surface area contributed by atoms with Gasteiger partial charge in [-0.2, -0.15) is 0 Å². The first-order valence-corrected chi connectivity index (χ1v) is 6.99. The highest BCUT2D eigenvalue weighted by Gasteiger charge is 2.48. The van der Waals surface area contributed by atoms with Crippen molar-refractivity contribution in [2.75, 3.05) is 0 Å². The van der Waals surface area contributed by atoms with Crippen LogP contribution < -0.4 is 0 Å². The number of fused-ring (bicyclic) bond motifs is 5. The summed E-state index contributed by atoms with van der Waals surface area (Å²) in [6.07, 6.45) is 1.94. The molecule has 1 aromatic carbocycles. The predicted molar refractivity (Wildman–Crippen MR) is 74.0 cm³/mol. The van der Waals surface area contributed by atoms with Gasteiger partial charge in [-0.05, 0) is 57.2 Å². The molecule has 2 aliphatic heterocycles. The first-order chi connectivity index (χ1) is 8.88. The van der Waals surface area contributed by atoms with E-state index in [1.807, 2.05) is 25.7 Å². The maximum atomic E-state index is 12.4. The molecule has 0 saturated carbocycles. The molecule has 0 spiro atoms. The number of carbonyl (C=O) groups excluding carboxylic acids is 1. The highest BCUT2D eigenvalue weighted by atomic mass is 16.6. The molecule has 1 saturated heterocycles. The number of benzene rings is 1. The van der Waals surface area contributed by atoms with Crippen LogP contribution in [0, 0.1) is 6.92 Å². The molecule has 0 unspecified atom stereocenters. The van der Waals surface area contributed by atoms with E-state index in [4.69, 9.17) is 4.74 Å². The van der Waals surface area contributed by atoms with E-state index in [9.17, 15) is 4.79 Å². The number of rotatable bonds is 0. The van der Waals surface area contributed by atoms with Gasteiger partial charge in [-0.15, -0.1) is 0 Å². The number of aryl methyl sites for hydroxylation is 1. The van der Waals surface area contributed by atoms with Crippen LogP contribution >= 0.6 is 0 Å². The Morgan fingerprint density at radius 2 is 1.95 bits per heavy atom. The van der Waals surface area contributed by atoms with Crippen molar-refractivity contribution in [3.63, 3.8) is 0 Å². The fraction of sp³-hybridized carbons (Fsp3) is 0.562. The molecule has 0 aliphatic carbocycles. The topological polar surface area (TPSA) is 29.5 Å². The van der Waals surface area contributed by atoms with Crippen molar-refractivity contribution in [3.05, 3.63) is 34.9 Å². The highest BCUT2D eigenvalue weighted by Crippen LogP contribution is 2.54. The largest absolute Gasteiger partial charge is 0.444 e. The summed E-state index contributed by atoms with van der Waals surface area (Å²) in [5, 5.41) is 0. The van der Waals surface area contributed by atoms with Crippen LogP contribution in [-0.2, 0) is 4.74 Å². The lowest BCUT2D eigenvalue weighted by Gasteiger charge is -2.27. The molecule has 102 valence electrons. The van der Waals surface area contributed by atoms with E-state index in [1.165, 1.54) is 16.7 Å². The smallest absolute Gasteiger partial charge is 0.411 e. The average Bonchev–Trinajstić information content (AvgIpc) is 2.83. The molecule has 1 amide bonds. The molecule has 3 rings (SSSR count). The summed E-state index contributed by atoms with van der Waals surface area (Å²) < 4.78 is 5.56. The molecule has 2 atom stereocenters. The van der Waals surface area contributed by atoms with Crippen LogP contribution in [0.5, 0.6) is 0 Å². The van der Waals surface area contributed by atoms with E-state index >= 15 is 0 Å². The molecule has 1 aromatic rings. The van der Waals surface area contributed by atoms with Crippen molar-refractivity contribution in [3.8, 4) is 0 Å². The Bertz CT molecular complexity index is 530. The van der Waals surface area contributed by atoms with E-state index < -0.39 is 5.60 Å². The Morgan fingerprint density at radius 1 is 1.26 bits per heavy atom. The van der Waals surface area contributed by atoms with Gasteiger partial charge in [0, 0.05) is 0 Å². The molecule has 3 heteroatoms. The second-order valence-corrected chi connectivity index (χ2v) is 6.57. The van der Waals surface area contributed by atoms with Gasteiger partial charge in [-0.1, -0.05) is 18.2 Å². The van der Waals surface area contributed by atoms with Gasteiger partial charge in [0.05, 0.1) is 12.1 Å². The summed E-state index contributed by atoms with van der Waals surface area (Å²) in [6, 6.07) is 6.81. The summed E-state index contributed by atoms with van der Waals surface area (Å²) in [5.41, 5.74) is 3.53. The Balaban J connectivity index is 1.93. The van der Waals surface area contributed by atoms with E-state index in [0.29, 0.717) is 0 Å². The number of carbonyl (C=O) groups is 1. The van der Waals surface area contributed by atoms with Gasteiger partial charge >= 0.3 is 6.09 Å². The predicted octanol–water partition coefficient (Wildman–Crippen LogP) is 4.12. The Kier molecular flexibility index (Phi) is 2.63. The summed E-state index contributed by atoms with van der Waals surface area (Å²) >= 11 is 0. The molecule has 2 aliphatic rings. The SMILES string of the molecule is Cc1cccc2c1[C@@H]1CC[C@H]2N1C(=O)OC(C)(C)C. The molecule has 0 N–H and O–H groups in total. The van der Waals surface area contributed by atoms with Crippen LogP contribution in [0.3, 0.4) is 0 Å². The lowest BCUT2D eigenvalue weighted by atomic mass is 9.89. The van der Waals surface area contributed by atoms with Crippen LogP contribution in [0.2, 0.25) is 0 Å². The zero-order valence-corrected chi connectivity index (χ0v) is 12.1. The Morgan fingerprint density at radius 3 is 2.58 bits per heavy atom. The van der Waals surface area contributed by atoms with Gasteiger partial charge in [-0.25, -0.2) is 4.79 Å². The molecular weight excluding hydrogens is 238 g/mol. The van der Waals surface area contributed by atoms with Gasteiger partial charge in [0.25, 0.3) is 0 Å². The van der Waals surface area contributed by atoms with Gasteiger partial charge in [0.1, 0.15) is 5.60 Å². The lowest BCUT2D eigenvalue weighted by molar-refractivity contribution is 0.0177.